The van der Waals surface area contributed by atoms with Crippen molar-refractivity contribution in [1.82, 2.24) is 4.48 Å². The third kappa shape index (κ3) is 3.57. The maximum atomic E-state index is 15.2. The van der Waals surface area contributed by atoms with Crippen LogP contribution in [-0.4, -0.2) is 47.6 Å². The van der Waals surface area contributed by atoms with Gasteiger partial charge >= 0.3 is 66.1 Å². The minimum Gasteiger partial charge on any atom is -0.744 e. The Bertz CT molecular complexity index is 1200. The smallest absolute Gasteiger partial charge is 0.744 e. The second kappa shape index (κ2) is 7.70. The number of rotatable bonds is 2. The molecule has 0 aromatic carbocycles. The molecule has 15 heteroatoms. The fourth-order valence-electron chi connectivity index (χ4n) is 3.85. The van der Waals surface area contributed by atoms with E-state index in [0.29, 0.717) is 8.96 Å². The number of allylic oxidation sites excluding steroid dienone is 2. The predicted molar refractivity (Wildman–Crippen MR) is 86.6 cm³/mol. The zero-order chi connectivity index (χ0) is 20.0. The van der Waals surface area contributed by atoms with Gasteiger partial charge in [-0.1, -0.05) is 0 Å². The molecule has 0 amide bonds. The monoisotopic (exact) mass is 452 g/mol. The molecule has 0 bridgehead atoms. The van der Waals surface area contributed by atoms with Crippen LogP contribution in [0.25, 0.3) is 6.08 Å². The van der Waals surface area contributed by atoms with Gasteiger partial charge in [0.25, 0.3) is 0 Å². The molecule has 0 radical (unpaired) electrons. The van der Waals surface area contributed by atoms with Crippen molar-refractivity contribution in [3.63, 3.8) is 0 Å². The Labute approximate surface area is 205 Å². The van der Waals surface area contributed by atoms with Crippen molar-refractivity contribution in [1.29, 1.82) is 0 Å². The Balaban J connectivity index is 0.00000196. The molecule has 28 heavy (non-hydrogen) atoms. The van der Waals surface area contributed by atoms with Crippen molar-refractivity contribution >= 4 is 39.0 Å². The van der Waals surface area contributed by atoms with Crippen LogP contribution in [-0.2, 0) is 20.2 Å². The van der Waals surface area contributed by atoms with Crippen LogP contribution >= 0.6 is 0 Å². The zero-order valence-corrected chi connectivity index (χ0v) is 21.7. The number of aromatic nitrogens is 1. The number of hydrogen-bond donors (Lipinski definition) is 0. The number of fused-ring (bicyclic) bond motifs is 2. The Morgan fingerprint density at radius 1 is 1.00 bits per heavy atom. The first-order valence-corrected chi connectivity index (χ1v) is 10.1. The maximum absolute atomic E-state index is 15.2. The molecule has 1 aromatic rings. The van der Waals surface area contributed by atoms with E-state index in [4.69, 9.17) is 0 Å². The summed E-state index contributed by atoms with van der Waals surface area (Å²) in [5.74, 6) is 0. The molecule has 0 N–H and O–H groups in total. The summed E-state index contributed by atoms with van der Waals surface area (Å²) in [6.45, 7) is -0.130. The molecule has 3 heterocycles. The van der Waals surface area contributed by atoms with E-state index < -0.39 is 48.4 Å². The third-order valence-electron chi connectivity index (χ3n) is 4.74. The summed E-state index contributed by atoms with van der Waals surface area (Å²) in [6.07, 6.45) is 1.16. The van der Waals surface area contributed by atoms with Crippen LogP contribution in [0.2, 0.25) is 0 Å². The molecule has 0 saturated heterocycles. The number of nitrogens with zero attached hydrogens (tertiary/aromatic N) is 2. The predicted octanol–water partition coefficient (Wildman–Crippen LogP) is -5.10. The normalized spacial score (nSPS) is 18.2. The molecule has 0 fully saturated rings. The van der Waals surface area contributed by atoms with E-state index in [-0.39, 0.29) is 81.6 Å². The molecule has 8 nitrogen and oxygen atoms in total. The van der Waals surface area contributed by atoms with Crippen molar-refractivity contribution in [2.45, 2.75) is 32.6 Å². The fraction of sp³-hybridized carbons (Fsp3) is 0.308. The van der Waals surface area contributed by atoms with Gasteiger partial charge in [-0.25, -0.2) is 16.8 Å². The van der Waals surface area contributed by atoms with Gasteiger partial charge in [0.1, 0.15) is 30.9 Å². The van der Waals surface area contributed by atoms with Gasteiger partial charge in [-0.05, 0) is 26.3 Å². The molecule has 2 aliphatic heterocycles. The molecule has 2 aliphatic rings. The molecule has 1 aromatic heterocycles. The summed E-state index contributed by atoms with van der Waals surface area (Å²) in [4.78, 5) is -1.47. The summed E-state index contributed by atoms with van der Waals surface area (Å²) in [7, 11) is -10.00. The Morgan fingerprint density at radius 2 is 1.50 bits per heavy atom. The van der Waals surface area contributed by atoms with Crippen LogP contribution < -0.4 is 59.1 Å². The average Bonchev–Trinajstić information content (AvgIpc) is 2.82. The summed E-state index contributed by atoms with van der Waals surface area (Å²) in [5.41, 5.74) is -1.65. The average molecular weight is 452 g/mol. The van der Waals surface area contributed by atoms with Crippen LogP contribution in [0.5, 0.6) is 0 Å². The number of halogens is 2. The van der Waals surface area contributed by atoms with E-state index in [1.54, 1.807) is 0 Å². The van der Waals surface area contributed by atoms with E-state index in [1.165, 1.54) is 13.8 Å². The van der Waals surface area contributed by atoms with Gasteiger partial charge < -0.3 is 26.7 Å². The topological polar surface area (TPSA) is 122 Å². The van der Waals surface area contributed by atoms with Gasteiger partial charge in [-0.3, -0.25) is 0 Å². The van der Waals surface area contributed by atoms with Gasteiger partial charge in [0.15, 0.2) is 5.70 Å². The minimum atomic E-state index is -5.00. The summed E-state index contributed by atoms with van der Waals surface area (Å²) in [5, 5.41) is 0. The van der Waals surface area contributed by atoms with Gasteiger partial charge in [-0.2, -0.15) is 0 Å². The summed E-state index contributed by atoms with van der Waals surface area (Å²) >= 11 is 0. The van der Waals surface area contributed by atoms with E-state index in [0.717, 1.165) is 19.9 Å². The van der Waals surface area contributed by atoms with E-state index in [9.17, 15) is 25.9 Å². The molecule has 0 spiro atoms. The second-order valence-electron chi connectivity index (χ2n) is 6.23. The fourth-order valence-corrected chi connectivity index (χ4v) is 5.73. The number of hydrogen-bond acceptors (Lipinski definition) is 6. The molecule has 142 valence electrons. The first kappa shape index (κ1) is 26.2. The standard InChI is InChI=1S/C13H15BF2N2O6S2.2Na/c1-6-10-5-11-7(2)13(26(22,23)24)9(4)18(11)14(15,16)17(10)8(3)12(6)25(19,20)21;;/h5H,1-4H3,(H,19,20,21)(H,22,23,24);;/q;2*+1/p-2. The zero-order valence-electron chi connectivity index (χ0n) is 16.1. The van der Waals surface area contributed by atoms with Crippen LogP contribution in [0.4, 0.5) is 8.63 Å². The van der Waals surface area contributed by atoms with Crippen molar-refractivity contribution in [3.8, 4) is 0 Å². The molecule has 0 unspecified atom stereocenters. The second-order valence-corrected chi connectivity index (χ2v) is 8.86. The Kier molecular flexibility index (Phi) is 7.21. The third-order valence-corrected chi connectivity index (χ3v) is 6.95. The first-order valence-electron chi connectivity index (χ1n) is 7.33. The maximum Gasteiger partial charge on any atom is 1.00 e. The van der Waals surface area contributed by atoms with Gasteiger partial charge in [-0.15, -0.1) is 0 Å². The summed E-state index contributed by atoms with van der Waals surface area (Å²) < 4.78 is 100. The molecule has 3 rings (SSSR count). The van der Waals surface area contributed by atoms with E-state index >= 15 is 8.63 Å². The minimum absolute atomic E-state index is 0. The Hall–Kier alpha value is 0.175. The SMILES string of the molecule is CC1=C(S(=O)(=O)[O-])C(C)=[N+]2C1=Cc1c(C)c(S(=O)(=O)[O-])c(C)n1[B-]2(F)F.[Na+].[Na+]. The Morgan fingerprint density at radius 3 is 1.93 bits per heavy atom. The van der Waals surface area contributed by atoms with Gasteiger partial charge in [0, 0.05) is 30.0 Å². The summed E-state index contributed by atoms with van der Waals surface area (Å²) in [6, 6.07) is 0. The van der Waals surface area contributed by atoms with Crippen molar-refractivity contribution in [2.24, 2.45) is 0 Å². The van der Waals surface area contributed by atoms with Crippen molar-refractivity contribution in [2.75, 3.05) is 0 Å². The van der Waals surface area contributed by atoms with Crippen LogP contribution in [0, 0.1) is 13.8 Å². The largest absolute Gasteiger partial charge is 1.00 e. The van der Waals surface area contributed by atoms with Gasteiger partial charge in [0.05, 0.1) is 4.90 Å². The molecule has 0 aliphatic carbocycles. The van der Waals surface area contributed by atoms with Crippen LogP contribution in [0.1, 0.15) is 30.8 Å². The van der Waals surface area contributed by atoms with E-state index in [1.807, 2.05) is 0 Å². The molecular weight excluding hydrogens is 439 g/mol. The quantitative estimate of drug-likeness (QED) is 0.327. The van der Waals surface area contributed by atoms with E-state index in [2.05, 4.69) is 0 Å². The molecule has 0 saturated carbocycles. The van der Waals surface area contributed by atoms with Crippen molar-refractivity contribution in [3.05, 3.63) is 33.1 Å². The van der Waals surface area contributed by atoms with Gasteiger partial charge in [0.2, 0.25) is 0 Å². The van der Waals surface area contributed by atoms with Crippen molar-refractivity contribution < 1.29 is 98.2 Å². The molecular formula is C13H13BF2N2Na2O6S2. The molecule has 0 atom stereocenters. The first-order chi connectivity index (χ1) is 11.6. The van der Waals surface area contributed by atoms with Crippen LogP contribution in [0.15, 0.2) is 21.1 Å². The van der Waals surface area contributed by atoms with Crippen LogP contribution in [0.3, 0.4) is 0 Å².